The van der Waals surface area contributed by atoms with Gasteiger partial charge in [0.2, 0.25) is 0 Å². The molecule has 2 aromatic carbocycles. The lowest BCUT2D eigenvalue weighted by molar-refractivity contribution is 1.45. The summed E-state index contributed by atoms with van der Waals surface area (Å²) in [5.74, 6) is 0. The van der Waals surface area contributed by atoms with Crippen LogP contribution in [-0.2, 0) is 0 Å². The first-order valence-electron chi connectivity index (χ1n) is 5.58. The van der Waals surface area contributed by atoms with E-state index in [9.17, 15) is 0 Å². The monoisotopic (exact) mass is 235 g/mol. The van der Waals surface area contributed by atoms with Crippen molar-refractivity contribution in [3.63, 3.8) is 0 Å². The van der Waals surface area contributed by atoms with E-state index in [4.69, 9.17) is 0 Å². The van der Waals surface area contributed by atoms with Gasteiger partial charge >= 0.3 is 0 Å². The van der Waals surface area contributed by atoms with Crippen molar-refractivity contribution in [1.29, 1.82) is 0 Å². The normalized spacial score (nSPS) is 11.5. The Morgan fingerprint density at radius 1 is 0.824 bits per heavy atom. The number of thiophene rings is 1. The van der Waals surface area contributed by atoms with Gasteiger partial charge < -0.3 is 0 Å². The van der Waals surface area contributed by atoms with Crippen LogP contribution in [0, 0.1) is 0 Å². The van der Waals surface area contributed by atoms with Crippen LogP contribution >= 0.6 is 11.3 Å². The number of benzene rings is 2. The molecule has 0 saturated carbocycles. The van der Waals surface area contributed by atoms with Crippen molar-refractivity contribution < 1.29 is 0 Å². The predicted octanol–water partition coefficient (Wildman–Crippen LogP) is 4.60. The van der Waals surface area contributed by atoms with Crippen molar-refractivity contribution in [2.45, 2.75) is 0 Å². The summed E-state index contributed by atoms with van der Waals surface area (Å²) < 4.78 is 1.32. The molecule has 0 saturated heterocycles. The smallest absolute Gasteiger partial charge is 0.124 e. The second kappa shape index (κ2) is 3.28. The van der Waals surface area contributed by atoms with Crippen LogP contribution < -0.4 is 0 Å². The van der Waals surface area contributed by atoms with Gasteiger partial charge in [0.1, 0.15) is 4.83 Å². The first-order chi connectivity index (χ1) is 8.42. The van der Waals surface area contributed by atoms with Gasteiger partial charge in [-0.25, -0.2) is 4.98 Å². The Kier molecular flexibility index (Phi) is 1.76. The molecule has 0 unspecified atom stereocenters. The van der Waals surface area contributed by atoms with Crippen molar-refractivity contribution in [1.82, 2.24) is 4.98 Å². The maximum atomic E-state index is 4.43. The fourth-order valence-electron chi connectivity index (χ4n) is 2.30. The highest BCUT2D eigenvalue weighted by atomic mass is 32.1. The molecule has 80 valence electrons. The first-order valence-corrected chi connectivity index (χ1v) is 6.39. The molecule has 17 heavy (non-hydrogen) atoms. The summed E-state index contributed by atoms with van der Waals surface area (Å²) in [5, 5.41) is 5.17. The Morgan fingerprint density at radius 2 is 1.65 bits per heavy atom. The molecule has 0 aliphatic rings. The molecule has 2 aromatic heterocycles. The topological polar surface area (TPSA) is 12.9 Å². The number of rotatable bonds is 0. The molecule has 2 heterocycles. The highest BCUT2D eigenvalue weighted by Gasteiger charge is 2.06. The molecular weight excluding hydrogens is 226 g/mol. The molecule has 0 bridgehead atoms. The molecule has 0 aliphatic carbocycles. The van der Waals surface area contributed by atoms with E-state index in [0.29, 0.717) is 0 Å². The van der Waals surface area contributed by atoms with Crippen LogP contribution in [0.4, 0.5) is 0 Å². The fourth-order valence-corrected chi connectivity index (χ4v) is 3.37. The van der Waals surface area contributed by atoms with Gasteiger partial charge in [0.05, 0.1) is 0 Å². The molecule has 4 rings (SSSR count). The SMILES string of the molecule is c1ccc2cc3c(cc2c1)sc1ncccc13. The van der Waals surface area contributed by atoms with Crippen LogP contribution in [0.5, 0.6) is 0 Å². The minimum absolute atomic E-state index is 1.12. The van der Waals surface area contributed by atoms with Crippen molar-refractivity contribution in [2.24, 2.45) is 0 Å². The Labute approximate surface area is 102 Å². The van der Waals surface area contributed by atoms with E-state index in [-0.39, 0.29) is 0 Å². The summed E-state index contributed by atoms with van der Waals surface area (Å²) in [6.45, 7) is 0. The second-order valence-corrected chi connectivity index (χ2v) is 5.18. The lowest BCUT2D eigenvalue weighted by Crippen LogP contribution is -1.72. The van der Waals surface area contributed by atoms with Crippen molar-refractivity contribution in [2.75, 3.05) is 0 Å². The maximum Gasteiger partial charge on any atom is 0.124 e. The van der Waals surface area contributed by atoms with E-state index < -0.39 is 0 Å². The fraction of sp³-hybridized carbons (Fsp3) is 0. The lowest BCUT2D eigenvalue weighted by atomic mass is 10.1. The first kappa shape index (κ1) is 9.14. The summed E-state index contributed by atoms with van der Waals surface area (Å²) in [6, 6.07) is 17.2. The van der Waals surface area contributed by atoms with E-state index in [1.165, 1.54) is 26.2 Å². The van der Waals surface area contributed by atoms with Gasteiger partial charge in [-0.15, -0.1) is 11.3 Å². The van der Waals surface area contributed by atoms with Gasteiger partial charge in [0, 0.05) is 21.7 Å². The maximum absolute atomic E-state index is 4.43. The van der Waals surface area contributed by atoms with E-state index in [1.54, 1.807) is 11.3 Å². The van der Waals surface area contributed by atoms with Gasteiger partial charge in [0.25, 0.3) is 0 Å². The van der Waals surface area contributed by atoms with Gasteiger partial charge in [-0.1, -0.05) is 24.3 Å². The molecule has 0 atom stereocenters. The summed E-state index contributed by atoms with van der Waals surface area (Å²) in [7, 11) is 0. The van der Waals surface area contributed by atoms with Crippen LogP contribution in [-0.4, -0.2) is 4.98 Å². The van der Waals surface area contributed by atoms with Gasteiger partial charge in [-0.05, 0) is 35.0 Å². The Morgan fingerprint density at radius 3 is 2.53 bits per heavy atom. The Hall–Kier alpha value is -1.93. The molecule has 0 spiro atoms. The number of aromatic nitrogens is 1. The minimum Gasteiger partial charge on any atom is -0.245 e. The highest BCUT2D eigenvalue weighted by molar-refractivity contribution is 7.25. The third kappa shape index (κ3) is 1.28. The largest absolute Gasteiger partial charge is 0.245 e. The predicted molar refractivity (Wildman–Crippen MR) is 74.6 cm³/mol. The summed E-state index contributed by atoms with van der Waals surface area (Å²) >= 11 is 1.77. The third-order valence-corrected chi connectivity index (χ3v) is 4.19. The Balaban J connectivity index is 2.28. The van der Waals surface area contributed by atoms with Crippen LogP contribution in [0.3, 0.4) is 0 Å². The van der Waals surface area contributed by atoms with Crippen molar-refractivity contribution >= 4 is 42.4 Å². The molecule has 1 nitrogen and oxygen atoms in total. The Bertz CT molecular complexity index is 839. The van der Waals surface area contributed by atoms with E-state index in [1.807, 2.05) is 12.3 Å². The standard InChI is InChI=1S/C15H9NS/c1-2-5-11-9-14-13(8-10(11)4-1)12-6-3-7-16-15(12)17-14/h1-9H. The number of hydrogen-bond donors (Lipinski definition) is 0. The quantitative estimate of drug-likeness (QED) is 0.434. The number of pyridine rings is 1. The highest BCUT2D eigenvalue weighted by Crippen LogP contribution is 2.34. The molecule has 4 aromatic rings. The molecule has 0 amide bonds. The zero-order valence-electron chi connectivity index (χ0n) is 9.05. The summed E-state index contributed by atoms with van der Waals surface area (Å²) in [6.07, 6.45) is 1.86. The summed E-state index contributed by atoms with van der Waals surface area (Å²) in [4.78, 5) is 5.55. The second-order valence-electron chi connectivity index (χ2n) is 4.15. The van der Waals surface area contributed by atoms with E-state index >= 15 is 0 Å². The van der Waals surface area contributed by atoms with E-state index in [2.05, 4.69) is 47.4 Å². The lowest BCUT2D eigenvalue weighted by Gasteiger charge is -1.97. The average molecular weight is 235 g/mol. The molecule has 0 fully saturated rings. The number of fused-ring (bicyclic) bond motifs is 4. The van der Waals surface area contributed by atoms with Gasteiger partial charge in [0.15, 0.2) is 0 Å². The number of nitrogens with zero attached hydrogens (tertiary/aromatic N) is 1. The zero-order valence-corrected chi connectivity index (χ0v) is 9.87. The van der Waals surface area contributed by atoms with Crippen molar-refractivity contribution in [3.8, 4) is 0 Å². The summed E-state index contributed by atoms with van der Waals surface area (Å²) in [5.41, 5.74) is 0. The zero-order chi connectivity index (χ0) is 11.2. The van der Waals surface area contributed by atoms with Crippen LogP contribution in [0.25, 0.3) is 31.1 Å². The van der Waals surface area contributed by atoms with Crippen LogP contribution in [0.1, 0.15) is 0 Å². The molecular formula is C15H9NS. The van der Waals surface area contributed by atoms with Gasteiger partial charge in [-0.2, -0.15) is 0 Å². The third-order valence-electron chi connectivity index (χ3n) is 3.12. The average Bonchev–Trinajstić information content (AvgIpc) is 2.73. The van der Waals surface area contributed by atoms with Gasteiger partial charge in [-0.3, -0.25) is 0 Å². The number of hydrogen-bond acceptors (Lipinski definition) is 2. The van der Waals surface area contributed by atoms with Crippen LogP contribution in [0.2, 0.25) is 0 Å². The molecule has 0 N–H and O–H groups in total. The molecule has 0 aliphatic heterocycles. The van der Waals surface area contributed by atoms with Crippen molar-refractivity contribution in [3.05, 3.63) is 54.7 Å². The minimum atomic E-state index is 1.12. The van der Waals surface area contributed by atoms with Crippen LogP contribution in [0.15, 0.2) is 54.7 Å². The molecule has 0 radical (unpaired) electrons. The van der Waals surface area contributed by atoms with E-state index in [0.717, 1.165) is 4.83 Å². The molecule has 2 heteroatoms.